The Hall–Kier alpha value is -0.590. The average molecular weight is 168 g/mol. The second kappa shape index (κ2) is 10.4. The molecule has 0 aliphatic carbocycles. The number of hydrogen-bond donors (Lipinski definition) is 0. The second-order valence-corrected chi connectivity index (χ2v) is 3.06. The van der Waals surface area contributed by atoms with Gasteiger partial charge in [0.15, 0.2) is 0 Å². The molecule has 0 atom stereocenters. The minimum absolute atomic E-state index is 0.725. The summed E-state index contributed by atoms with van der Waals surface area (Å²) in [5, 5.41) is 0. The van der Waals surface area contributed by atoms with Gasteiger partial charge in [0, 0.05) is 6.42 Å². The van der Waals surface area contributed by atoms with E-state index in [0.717, 1.165) is 32.0 Å². The molecule has 0 fully saturated rings. The second-order valence-electron chi connectivity index (χ2n) is 3.06. The number of allylic oxidation sites excluding steroid dienone is 2. The maximum Gasteiger partial charge on any atom is 0.119 e. The molecule has 1 heteroatoms. The summed E-state index contributed by atoms with van der Waals surface area (Å²) in [6, 6.07) is 0. The van der Waals surface area contributed by atoms with Gasteiger partial charge in [0.25, 0.3) is 0 Å². The molecule has 0 aliphatic heterocycles. The molecule has 0 aliphatic rings. The molecular formula is C11H20O. The molecular weight excluding hydrogens is 148 g/mol. The molecule has 0 N–H and O–H groups in total. The largest absolute Gasteiger partial charge is 0.303 e. The van der Waals surface area contributed by atoms with Crippen LogP contribution in [0.4, 0.5) is 0 Å². The monoisotopic (exact) mass is 168 g/mol. The predicted octanol–water partition coefficient (Wildman–Crippen LogP) is 3.49. The lowest BCUT2D eigenvalue weighted by atomic mass is 10.2. The van der Waals surface area contributed by atoms with Crippen LogP contribution in [0.1, 0.15) is 51.9 Å². The Balaban J connectivity index is 2.97. The van der Waals surface area contributed by atoms with E-state index in [1.54, 1.807) is 0 Å². The summed E-state index contributed by atoms with van der Waals surface area (Å²) in [7, 11) is 0. The summed E-state index contributed by atoms with van der Waals surface area (Å²) in [6.07, 6.45) is 13.3. The minimum Gasteiger partial charge on any atom is -0.303 e. The molecule has 0 unspecified atom stereocenters. The van der Waals surface area contributed by atoms with Crippen LogP contribution >= 0.6 is 0 Å². The molecule has 0 heterocycles. The van der Waals surface area contributed by atoms with Crippen molar-refractivity contribution in [1.29, 1.82) is 0 Å². The number of aldehydes is 1. The van der Waals surface area contributed by atoms with Crippen molar-refractivity contribution >= 4 is 6.29 Å². The smallest absolute Gasteiger partial charge is 0.119 e. The summed E-state index contributed by atoms with van der Waals surface area (Å²) in [5.41, 5.74) is 0. The van der Waals surface area contributed by atoms with Crippen LogP contribution in [0.2, 0.25) is 0 Å². The van der Waals surface area contributed by atoms with Crippen LogP contribution in [0.25, 0.3) is 0 Å². The topological polar surface area (TPSA) is 17.1 Å². The summed E-state index contributed by atoms with van der Waals surface area (Å²) in [4.78, 5) is 9.96. The zero-order chi connectivity index (χ0) is 9.07. The number of carbonyl (C=O) groups is 1. The first-order valence-electron chi connectivity index (χ1n) is 5.00. The minimum atomic E-state index is 0.725. The molecule has 0 rings (SSSR count). The molecule has 0 aromatic heterocycles. The van der Waals surface area contributed by atoms with Crippen molar-refractivity contribution in [3.63, 3.8) is 0 Å². The number of hydrogen-bond acceptors (Lipinski definition) is 1. The lowest BCUT2D eigenvalue weighted by Crippen LogP contribution is -1.76. The molecule has 0 aromatic carbocycles. The highest BCUT2D eigenvalue weighted by atomic mass is 16.1. The number of rotatable bonds is 8. The van der Waals surface area contributed by atoms with E-state index < -0.39 is 0 Å². The third-order valence-electron chi connectivity index (χ3n) is 1.83. The van der Waals surface area contributed by atoms with E-state index in [-0.39, 0.29) is 0 Å². The molecule has 0 spiro atoms. The first-order valence-corrected chi connectivity index (χ1v) is 5.00. The quantitative estimate of drug-likeness (QED) is 0.308. The standard InChI is InChI=1S/C11H20O/c1-2-3-4-5-6-7-8-9-10-11-12/h5-6,11H,2-4,7-10H2,1H3/b6-5+. The summed E-state index contributed by atoms with van der Waals surface area (Å²) >= 11 is 0. The summed E-state index contributed by atoms with van der Waals surface area (Å²) in [5.74, 6) is 0. The van der Waals surface area contributed by atoms with Crippen LogP contribution in [-0.4, -0.2) is 6.29 Å². The lowest BCUT2D eigenvalue weighted by molar-refractivity contribution is -0.107. The average Bonchev–Trinajstić information content (AvgIpc) is 2.10. The molecule has 12 heavy (non-hydrogen) atoms. The predicted molar refractivity (Wildman–Crippen MR) is 53.2 cm³/mol. The molecule has 0 radical (unpaired) electrons. The zero-order valence-corrected chi connectivity index (χ0v) is 8.09. The Labute approximate surface area is 75.9 Å². The van der Waals surface area contributed by atoms with Crippen LogP contribution in [-0.2, 0) is 4.79 Å². The van der Waals surface area contributed by atoms with Crippen molar-refractivity contribution in [3.05, 3.63) is 12.2 Å². The highest BCUT2D eigenvalue weighted by Gasteiger charge is 1.84. The lowest BCUT2D eigenvalue weighted by Gasteiger charge is -1.91. The van der Waals surface area contributed by atoms with Gasteiger partial charge in [-0.05, 0) is 25.7 Å². The van der Waals surface area contributed by atoms with Gasteiger partial charge < -0.3 is 4.79 Å². The van der Waals surface area contributed by atoms with Gasteiger partial charge in [-0.25, -0.2) is 0 Å². The molecule has 70 valence electrons. The van der Waals surface area contributed by atoms with Gasteiger partial charge in [0.05, 0.1) is 0 Å². The third kappa shape index (κ3) is 9.41. The van der Waals surface area contributed by atoms with Gasteiger partial charge in [0.2, 0.25) is 0 Å². The van der Waals surface area contributed by atoms with Crippen molar-refractivity contribution in [1.82, 2.24) is 0 Å². The molecule has 0 saturated heterocycles. The molecule has 1 nitrogen and oxygen atoms in total. The third-order valence-corrected chi connectivity index (χ3v) is 1.83. The summed E-state index contributed by atoms with van der Waals surface area (Å²) < 4.78 is 0. The maximum atomic E-state index is 9.96. The highest BCUT2D eigenvalue weighted by Crippen LogP contribution is 2.01. The van der Waals surface area contributed by atoms with Crippen molar-refractivity contribution in [2.45, 2.75) is 51.9 Å². The van der Waals surface area contributed by atoms with Crippen molar-refractivity contribution in [3.8, 4) is 0 Å². The molecule has 0 amide bonds. The first-order chi connectivity index (χ1) is 5.91. The van der Waals surface area contributed by atoms with Crippen molar-refractivity contribution in [2.75, 3.05) is 0 Å². The van der Waals surface area contributed by atoms with Crippen LogP contribution in [0.15, 0.2) is 12.2 Å². The SMILES string of the molecule is CCCC/C=C/CCCCC=O. The van der Waals surface area contributed by atoms with Crippen LogP contribution in [0, 0.1) is 0 Å². The van der Waals surface area contributed by atoms with E-state index in [1.807, 2.05) is 0 Å². The van der Waals surface area contributed by atoms with Gasteiger partial charge in [-0.2, -0.15) is 0 Å². The Kier molecular flexibility index (Phi) is 9.90. The van der Waals surface area contributed by atoms with Gasteiger partial charge in [-0.1, -0.05) is 31.9 Å². The summed E-state index contributed by atoms with van der Waals surface area (Å²) in [6.45, 7) is 2.21. The molecule has 0 aromatic rings. The van der Waals surface area contributed by atoms with Gasteiger partial charge in [0.1, 0.15) is 6.29 Å². The van der Waals surface area contributed by atoms with E-state index in [2.05, 4.69) is 19.1 Å². The van der Waals surface area contributed by atoms with E-state index in [1.165, 1.54) is 19.3 Å². The Bertz CT molecular complexity index is 116. The Morgan fingerprint density at radius 1 is 0.917 bits per heavy atom. The molecule has 0 bridgehead atoms. The zero-order valence-electron chi connectivity index (χ0n) is 8.09. The number of unbranched alkanes of at least 4 members (excludes halogenated alkanes) is 5. The fraction of sp³-hybridized carbons (Fsp3) is 0.727. The van der Waals surface area contributed by atoms with Crippen LogP contribution in [0.5, 0.6) is 0 Å². The molecule has 0 saturated carbocycles. The van der Waals surface area contributed by atoms with E-state index in [4.69, 9.17) is 0 Å². The van der Waals surface area contributed by atoms with E-state index >= 15 is 0 Å². The van der Waals surface area contributed by atoms with Gasteiger partial charge >= 0.3 is 0 Å². The first kappa shape index (κ1) is 11.4. The van der Waals surface area contributed by atoms with E-state index in [9.17, 15) is 4.79 Å². The van der Waals surface area contributed by atoms with Crippen LogP contribution in [0.3, 0.4) is 0 Å². The maximum absolute atomic E-state index is 9.96. The van der Waals surface area contributed by atoms with Crippen LogP contribution < -0.4 is 0 Å². The van der Waals surface area contributed by atoms with Gasteiger partial charge in [-0.3, -0.25) is 0 Å². The highest BCUT2D eigenvalue weighted by molar-refractivity contribution is 5.48. The van der Waals surface area contributed by atoms with Crippen molar-refractivity contribution < 1.29 is 4.79 Å². The Morgan fingerprint density at radius 2 is 1.50 bits per heavy atom. The number of carbonyl (C=O) groups excluding carboxylic acids is 1. The Morgan fingerprint density at radius 3 is 2.08 bits per heavy atom. The van der Waals surface area contributed by atoms with Crippen molar-refractivity contribution in [2.24, 2.45) is 0 Å². The fourth-order valence-corrected chi connectivity index (χ4v) is 1.05. The normalized spacial score (nSPS) is 10.8. The van der Waals surface area contributed by atoms with E-state index in [0.29, 0.717) is 0 Å². The van der Waals surface area contributed by atoms with Gasteiger partial charge in [-0.15, -0.1) is 0 Å². The fourth-order valence-electron chi connectivity index (χ4n) is 1.05.